The number of non-ortho nitro benzene ring substituents is 1. The van der Waals surface area contributed by atoms with Gasteiger partial charge in [0.15, 0.2) is 0 Å². The summed E-state index contributed by atoms with van der Waals surface area (Å²) in [6.07, 6.45) is -4.62. The third kappa shape index (κ3) is 2.11. The van der Waals surface area contributed by atoms with Gasteiger partial charge in [0.1, 0.15) is 5.52 Å². The van der Waals surface area contributed by atoms with Gasteiger partial charge in [-0.15, -0.1) is 0 Å². The van der Waals surface area contributed by atoms with Crippen molar-refractivity contribution < 1.29 is 18.1 Å². The third-order valence-corrected chi connectivity index (χ3v) is 2.44. The Balaban J connectivity index is 2.83. The van der Waals surface area contributed by atoms with E-state index in [1.807, 2.05) is 0 Å². The maximum Gasteiger partial charge on any atom is 0.416 e. The van der Waals surface area contributed by atoms with E-state index in [0.29, 0.717) is 11.8 Å². The second-order valence-corrected chi connectivity index (χ2v) is 3.77. The highest BCUT2D eigenvalue weighted by Gasteiger charge is 2.33. The monoisotopic (exact) mass is 256 g/mol. The highest BCUT2D eigenvalue weighted by Crippen LogP contribution is 2.35. The Morgan fingerprint density at radius 3 is 2.50 bits per heavy atom. The Kier molecular flexibility index (Phi) is 2.68. The van der Waals surface area contributed by atoms with E-state index >= 15 is 0 Å². The highest BCUT2D eigenvalue weighted by molar-refractivity contribution is 5.88. The average Bonchev–Trinajstić information content (AvgIpc) is 2.25. The number of aromatic nitrogens is 1. The summed E-state index contributed by atoms with van der Waals surface area (Å²) < 4.78 is 37.8. The SMILES string of the molecule is Cc1ccc2cc(C(F)(F)F)cc([N+](=O)[O-])c2n1. The molecule has 0 atom stereocenters. The van der Waals surface area contributed by atoms with Crippen molar-refractivity contribution in [3.05, 3.63) is 45.6 Å². The van der Waals surface area contributed by atoms with Crippen molar-refractivity contribution in [3.63, 3.8) is 0 Å². The minimum atomic E-state index is -4.62. The van der Waals surface area contributed by atoms with Crippen LogP contribution in [-0.4, -0.2) is 9.91 Å². The first kappa shape index (κ1) is 12.3. The molecule has 1 aromatic heterocycles. The number of nitrogens with zero attached hydrogens (tertiary/aromatic N) is 2. The molecule has 0 radical (unpaired) electrons. The molecule has 0 aliphatic rings. The van der Waals surface area contributed by atoms with Gasteiger partial charge in [-0.3, -0.25) is 10.1 Å². The van der Waals surface area contributed by atoms with Crippen molar-refractivity contribution in [2.45, 2.75) is 13.1 Å². The van der Waals surface area contributed by atoms with Crippen LogP contribution in [0.4, 0.5) is 18.9 Å². The summed E-state index contributed by atoms with van der Waals surface area (Å²) >= 11 is 0. The van der Waals surface area contributed by atoms with Gasteiger partial charge in [-0.25, -0.2) is 4.98 Å². The van der Waals surface area contributed by atoms with Gasteiger partial charge in [0.25, 0.3) is 5.69 Å². The van der Waals surface area contributed by atoms with Gasteiger partial charge in [0, 0.05) is 17.1 Å². The van der Waals surface area contributed by atoms with Gasteiger partial charge >= 0.3 is 6.18 Å². The minimum absolute atomic E-state index is 0.0343. The zero-order chi connectivity index (χ0) is 13.5. The average molecular weight is 256 g/mol. The highest BCUT2D eigenvalue weighted by atomic mass is 19.4. The summed E-state index contributed by atoms with van der Waals surface area (Å²) in [6, 6.07) is 4.26. The van der Waals surface area contributed by atoms with E-state index in [-0.39, 0.29) is 10.9 Å². The summed E-state index contributed by atoms with van der Waals surface area (Å²) in [4.78, 5) is 13.9. The molecular weight excluding hydrogens is 249 g/mol. The number of rotatable bonds is 1. The molecule has 0 spiro atoms. The number of nitro groups is 1. The van der Waals surface area contributed by atoms with E-state index in [1.54, 1.807) is 6.92 Å². The Labute approximate surface area is 99.2 Å². The van der Waals surface area contributed by atoms with Crippen molar-refractivity contribution in [1.82, 2.24) is 4.98 Å². The van der Waals surface area contributed by atoms with Crippen LogP contribution in [0, 0.1) is 17.0 Å². The van der Waals surface area contributed by atoms with Crippen molar-refractivity contribution in [2.75, 3.05) is 0 Å². The molecule has 7 heteroatoms. The Morgan fingerprint density at radius 1 is 1.28 bits per heavy atom. The first-order valence-corrected chi connectivity index (χ1v) is 4.92. The lowest BCUT2D eigenvalue weighted by Crippen LogP contribution is -2.06. The van der Waals surface area contributed by atoms with Crippen molar-refractivity contribution in [2.24, 2.45) is 0 Å². The van der Waals surface area contributed by atoms with Crippen LogP contribution in [-0.2, 0) is 6.18 Å². The van der Waals surface area contributed by atoms with Gasteiger partial charge < -0.3 is 0 Å². The fourth-order valence-corrected chi connectivity index (χ4v) is 1.62. The molecule has 0 saturated carbocycles. The number of nitro benzene ring substituents is 1. The largest absolute Gasteiger partial charge is 0.416 e. The van der Waals surface area contributed by atoms with E-state index in [4.69, 9.17) is 0 Å². The molecule has 0 aliphatic heterocycles. The maximum absolute atomic E-state index is 12.6. The van der Waals surface area contributed by atoms with E-state index in [0.717, 1.165) is 6.07 Å². The van der Waals surface area contributed by atoms with E-state index in [9.17, 15) is 23.3 Å². The quantitative estimate of drug-likeness (QED) is 0.579. The molecule has 0 unspecified atom stereocenters. The number of pyridine rings is 1. The number of benzene rings is 1. The van der Waals surface area contributed by atoms with Crippen molar-refractivity contribution in [1.29, 1.82) is 0 Å². The number of alkyl halides is 3. The van der Waals surface area contributed by atoms with Crippen LogP contribution in [0.1, 0.15) is 11.3 Å². The lowest BCUT2D eigenvalue weighted by atomic mass is 10.1. The number of hydrogen-bond donors (Lipinski definition) is 0. The lowest BCUT2D eigenvalue weighted by molar-refractivity contribution is -0.383. The first-order chi connectivity index (χ1) is 8.29. The summed E-state index contributed by atoms with van der Waals surface area (Å²) in [5.41, 5.74) is -1.21. The first-order valence-electron chi connectivity index (χ1n) is 4.92. The molecule has 2 rings (SSSR count). The zero-order valence-corrected chi connectivity index (χ0v) is 9.15. The number of aryl methyl sites for hydroxylation is 1. The van der Waals surface area contributed by atoms with Crippen molar-refractivity contribution in [3.8, 4) is 0 Å². The molecule has 0 bridgehead atoms. The molecule has 2 aromatic rings. The second kappa shape index (κ2) is 3.94. The predicted molar refractivity (Wildman–Crippen MR) is 58.1 cm³/mol. The van der Waals surface area contributed by atoms with E-state index < -0.39 is 22.4 Å². The van der Waals surface area contributed by atoms with Gasteiger partial charge in [0.2, 0.25) is 0 Å². The van der Waals surface area contributed by atoms with Crippen LogP contribution in [0.15, 0.2) is 24.3 Å². The molecule has 1 heterocycles. The molecule has 1 aromatic carbocycles. The van der Waals surface area contributed by atoms with Crippen LogP contribution in [0.5, 0.6) is 0 Å². The topological polar surface area (TPSA) is 56.0 Å². The fraction of sp³-hybridized carbons (Fsp3) is 0.182. The molecule has 94 valence electrons. The number of hydrogen-bond acceptors (Lipinski definition) is 3. The van der Waals surface area contributed by atoms with Gasteiger partial charge in [-0.05, 0) is 19.1 Å². The molecule has 0 amide bonds. The molecule has 0 saturated heterocycles. The van der Waals surface area contributed by atoms with Crippen molar-refractivity contribution >= 4 is 16.6 Å². The molecular formula is C11H7F3N2O2. The normalized spacial score (nSPS) is 11.8. The minimum Gasteiger partial charge on any atom is -0.258 e. The maximum atomic E-state index is 12.6. The van der Waals surface area contributed by atoms with Crippen LogP contribution >= 0.6 is 0 Å². The van der Waals surface area contributed by atoms with Gasteiger partial charge in [-0.1, -0.05) is 6.07 Å². The summed E-state index contributed by atoms with van der Waals surface area (Å²) in [5.74, 6) is 0. The second-order valence-electron chi connectivity index (χ2n) is 3.77. The van der Waals surface area contributed by atoms with Crippen LogP contribution in [0.2, 0.25) is 0 Å². The fourth-order valence-electron chi connectivity index (χ4n) is 1.62. The molecule has 0 aliphatic carbocycles. The molecule has 18 heavy (non-hydrogen) atoms. The predicted octanol–water partition coefficient (Wildman–Crippen LogP) is 3.47. The molecule has 0 fully saturated rings. The Morgan fingerprint density at radius 2 is 1.94 bits per heavy atom. The lowest BCUT2D eigenvalue weighted by Gasteiger charge is -2.08. The summed E-state index contributed by atoms with van der Waals surface area (Å²) in [6.45, 7) is 1.61. The number of fused-ring (bicyclic) bond motifs is 1. The van der Waals surface area contributed by atoms with Gasteiger partial charge in [-0.2, -0.15) is 13.2 Å². The number of halogens is 3. The van der Waals surface area contributed by atoms with E-state index in [1.165, 1.54) is 12.1 Å². The summed E-state index contributed by atoms with van der Waals surface area (Å²) in [5, 5.41) is 10.9. The van der Waals surface area contributed by atoms with Crippen LogP contribution < -0.4 is 0 Å². The van der Waals surface area contributed by atoms with Crippen LogP contribution in [0.25, 0.3) is 10.9 Å². The third-order valence-electron chi connectivity index (χ3n) is 2.44. The smallest absolute Gasteiger partial charge is 0.258 e. The zero-order valence-electron chi connectivity index (χ0n) is 9.15. The Hall–Kier alpha value is -2.18. The van der Waals surface area contributed by atoms with Gasteiger partial charge in [0.05, 0.1) is 10.5 Å². The molecule has 4 nitrogen and oxygen atoms in total. The summed E-state index contributed by atoms with van der Waals surface area (Å²) in [7, 11) is 0. The molecule has 0 N–H and O–H groups in total. The standard InChI is InChI=1S/C11H7F3N2O2/c1-6-2-3-7-4-8(11(12,13)14)5-9(16(17)18)10(7)15-6/h2-5H,1H3. The Bertz CT molecular complexity index is 638. The van der Waals surface area contributed by atoms with Crippen LogP contribution in [0.3, 0.4) is 0 Å². The van der Waals surface area contributed by atoms with E-state index in [2.05, 4.69) is 4.98 Å².